The molecule has 0 aliphatic carbocycles. The van der Waals surface area contributed by atoms with Gasteiger partial charge in [0.15, 0.2) is 11.5 Å². The molecule has 0 aliphatic heterocycles. The van der Waals surface area contributed by atoms with Crippen molar-refractivity contribution in [2.75, 3.05) is 12.4 Å². The summed E-state index contributed by atoms with van der Waals surface area (Å²) in [7, 11) is -2.33. The standard InChI is InChI=1S/C18H18N2O6S/c1-12(21)26-17-11-13(3-9-16(17)25-2)4-10-18(22)20-14-5-7-15(8-6-14)27(19,23)24/h3-11H,1-2H3,(H,20,22)(H2,19,23,24). The quantitative estimate of drug-likeness (QED) is 0.441. The SMILES string of the molecule is COc1ccc(C=CC(=O)Nc2ccc(S(N)(=O)=O)cc2)cc1OC(C)=O. The number of nitrogens with one attached hydrogen (secondary N) is 1. The van der Waals surface area contributed by atoms with Crippen LogP contribution in [0.2, 0.25) is 0 Å². The Morgan fingerprint density at radius 3 is 2.30 bits per heavy atom. The molecule has 2 rings (SSSR count). The summed E-state index contributed by atoms with van der Waals surface area (Å²) in [5.41, 5.74) is 1.03. The first-order valence-corrected chi connectivity index (χ1v) is 9.22. The molecule has 0 atom stereocenters. The summed E-state index contributed by atoms with van der Waals surface area (Å²) in [6.45, 7) is 1.27. The van der Waals surface area contributed by atoms with Gasteiger partial charge < -0.3 is 14.8 Å². The average molecular weight is 390 g/mol. The van der Waals surface area contributed by atoms with E-state index < -0.39 is 21.9 Å². The van der Waals surface area contributed by atoms with Gasteiger partial charge in [0.05, 0.1) is 12.0 Å². The topological polar surface area (TPSA) is 125 Å². The Balaban J connectivity index is 2.09. The van der Waals surface area contributed by atoms with Crippen molar-refractivity contribution >= 4 is 33.7 Å². The number of sulfonamides is 1. The molecule has 2 aromatic carbocycles. The summed E-state index contributed by atoms with van der Waals surface area (Å²) in [6.07, 6.45) is 2.81. The highest BCUT2D eigenvalue weighted by Crippen LogP contribution is 2.28. The fraction of sp³-hybridized carbons (Fsp3) is 0.111. The van der Waals surface area contributed by atoms with E-state index in [9.17, 15) is 18.0 Å². The van der Waals surface area contributed by atoms with E-state index in [1.165, 1.54) is 50.5 Å². The molecule has 0 fully saturated rings. The van der Waals surface area contributed by atoms with Gasteiger partial charge in [-0.15, -0.1) is 0 Å². The van der Waals surface area contributed by atoms with Gasteiger partial charge in [-0.2, -0.15) is 0 Å². The van der Waals surface area contributed by atoms with E-state index >= 15 is 0 Å². The van der Waals surface area contributed by atoms with Crippen LogP contribution in [0.3, 0.4) is 0 Å². The Kier molecular flexibility index (Phi) is 6.32. The monoisotopic (exact) mass is 390 g/mol. The van der Waals surface area contributed by atoms with Crippen molar-refractivity contribution in [3.05, 3.63) is 54.1 Å². The van der Waals surface area contributed by atoms with Crippen LogP contribution in [0.15, 0.2) is 53.4 Å². The third kappa shape index (κ3) is 5.94. The van der Waals surface area contributed by atoms with Crippen LogP contribution in [0, 0.1) is 0 Å². The molecule has 2 aromatic rings. The van der Waals surface area contributed by atoms with Crippen LogP contribution >= 0.6 is 0 Å². The van der Waals surface area contributed by atoms with E-state index in [1.54, 1.807) is 18.2 Å². The van der Waals surface area contributed by atoms with Crippen molar-refractivity contribution in [2.24, 2.45) is 5.14 Å². The summed E-state index contributed by atoms with van der Waals surface area (Å²) in [4.78, 5) is 23.1. The number of amides is 1. The molecule has 9 heteroatoms. The van der Waals surface area contributed by atoms with Gasteiger partial charge in [-0.25, -0.2) is 13.6 Å². The first-order valence-electron chi connectivity index (χ1n) is 7.67. The maximum Gasteiger partial charge on any atom is 0.308 e. The fourth-order valence-corrected chi connectivity index (χ4v) is 2.63. The first-order chi connectivity index (χ1) is 12.7. The third-order valence-corrected chi connectivity index (χ3v) is 4.25. The molecule has 1 amide bonds. The summed E-state index contributed by atoms with van der Waals surface area (Å²) >= 11 is 0. The highest BCUT2D eigenvalue weighted by Gasteiger charge is 2.09. The van der Waals surface area contributed by atoms with Gasteiger partial charge in [0.1, 0.15) is 0 Å². The van der Waals surface area contributed by atoms with Crippen LogP contribution in [0.25, 0.3) is 6.08 Å². The number of primary sulfonamides is 1. The predicted molar refractivity (Wildman–Crippen MR) is 99.8 cm³/mol. The molecule has 0 heterocycles. The van der Waals surface area contributed by atoms with Gasteiger partial charge in [-0.3, -0.25) is 9.59 Å². The zero-order valence-corrected chi connectivity index (χ0v) is 15.4. The zero-order valence-electron chi connectivity index (χ0n) is 14.6. The van der Waals surface area contributed by atoms with Crippen LogP contribution in [0.5, 0.6) is 11.5 Å². The average Bonchev–Trinajstić information content (AvgIpc) is 2.59. The Morgan fingerprint density at radius 1 is 1.07 bits per heavy atom. The summed E-state index contributed by atoms with van der Waals surface area (Å²) in [6, 6.07) is 10.3. The molecule has 0 saturated carbocycles. The number of nitrogens with two attached hydrogens (primary N) is 1. The van der Waals surface area contributed by atoms with Gasteiger partial charge in [-0.1, -0.05) is 6.07 Å². The van der Waals surface area contributed by atoms with Crippen molar-refractivity contribution < 1.29 is 27.5 Å². The Hall–Kier alpha value is -3.17. The molecule has 142 valence electrons. The molecule has 0 radical (unpaired) electrons. The number of carbonyl (C=O) groups is 2. The van der Waals surface area contributed by atoms with Crippen molar-refractivity contribution in [1.29, 1.82) is 0 Å². The molecule has 8 nitrogen and oxygen atoms in total. The summed E-state index contributed by atoms with van der Waals surface area (Å²) in [5, 5.41) is 7.61. The van der Waals surface area contributed by atoms with E-state index in [2.05, 4.69) is 5.32 Å². The second kappa shape index (κ2) is 8.47. The molecule has 0 aliphatic rings. The minimum atomic E-state index is -3.79. The van der Waals surface area contributed by atoms with Crippen molar-refractivity contribution in [3.63, 3.8) is 0 Å². The molecule has 0 unspecified atom stereocenters. The normalized spacial score (nSPS) is 11.2. The lowest BCUT2D eigenvalue weighted by atomic mass is 10.2. The maximum atomic E-state index is 12.0. The van der Waals surface area contributed by atoms with Crippen molar-refractivity contribution in [1.82, 2.24) is 0 Å². The van der Waals surface area contributed by atoms with E-state index in [1.807, 2.05) is 0 Å². The smallest absolute Gasteiger partial charge is 0.308 e. The van der Waals surface area contributed by atoms with Crippen LogP contribution < -0.4 is 19.9 Å². The lowest BCUT2D eigenvalue weighted by molar-refractivity contribution is -0.132. The fourth-order valence-electron chi connectivity index (χ4n) is 2.12. The Labute approximate surface area is 156 Å². The lowest BCUT2D eigenvalue weighted by Gasteiger charge is -2.08. The predicted octanol–water partition coefficient (Wildman–Crippen LogP) is 1.92. The minimum Gasteiger partial charge on any atom is -0.493 e. The number of benzene rings is 2. The highest BCUT2D eigenvalue weighted by atomic mass is 32.2. The lowest BCUT2D eigenvalue weighted by Crippen LogP contribution is -2.12. The number of esters is 1. The van der Waals surface area contributed by atoms with Crippen LogP contribution in [0.4, 0.5) is 5.69 Å². The minimum absolute atomic E-state index is 0.0488. The van der Waals surface area contributed by atoms with Gasteiger partial charge in [0, 0.05) is 18.7 Å². The molecule has 0 bridgehead atoms. The Morgan fingerprint density at radius 2 is 1.74 bits per heavy atom. The van der Waals surface area contributed by atoms with Gasteiger partial charge in [0.2, 0.25) is 15.9 Å². The summed E-state index contributed by atoms with van der Waals surface area (Å²) < 4.78 is 32.6. The molecule has 27 heavy (non-hydrogen) atoms. The van der Waals surface area contributed by atoms with E-state index in [4.69, 9.17) is 14.6 Å². The third-order valence-electron chi connectivity index (χ3n) is 3.32. The maximum absolute atomic E-state index is 12.0. The van der Waals surface area contributed by atoms with Crippen LogP contribution in [-0.2, 0) is 19.6 Å². The van der Waals surface area contributed by atoms with Crippen molar-refractivity contribution in [3.8, 4) is 11.5 Å². The molecular weight excluding hydrogens is 372 g/mol. The van der Waals surface area contributed by atoms with Crippen LogP contribution in [0.1, 0.15) is 12.5 Å². The zero-order chi connectivity index (χ0) is 20.0. The van der Waals surface area contributed by atoms with Gasteiger partial charge in [0.25, 0.3) is 0 Å². The summed E-state index contributed by atoms with van der Waals surface area (Å²) in [5.74, 6) is -0.286. The molecule has 0 saturated heterocycles. The Bertz CT molecular complexity index is 981. The number of hydrogen-bond donors (Lipinski definition) is 2. The second-order valence-electron chi connectivity index (χ2n) is 5.40. The van der Waals surface area contributed by atoms with E-state index in [0.29, 0.717) is 17.0 Å². The number of ether oxygens (including phenoxy) is 2. The number of methoxy groups -OCH3 is 1. The number of rotatable bonds is 6. The highest BCUT2D eigenvalue weighted by molar-refractivity contribution is 7.89. The number of anilines is 1. The largest absolute Gasteiger partial charge is 0.493 e. The molecule has 3 N–H and O–H groups in total. The van der Waals surface area contributed by atoms with Crippen molar-refractivity contribution in [2.45, 2.75) is 11.8 Å². The molecular formula is C18H18N2O6S. The molecule has 0 aromatic heterocycles. The number of carbonyl (C=O) groups excluding carboxylic acids is 2. The second-order valence-corrected chi connectivity index (χ2v) is 6.96. The number of hydrogen-bond acceptors (Lipinski definition) is 6. The van der Waals surface area contributed by atoms with Crippen LogP contribution in [-0.4, -0.2) is 27.4 Å². The van der Waals surface area contributed by atoms with Gasteiger partial charge in [-0.05, 0) is 48.0 Å². The first kappa shape index (κ1) is 20.1. The van der Waals surface area contributed by atoms with E-state index in [-0.39, 0.29) is 10.6 Å². The van der Waals surface area contributed by atoms with E-state index in [0.717, 1.165) is 0 Å². The van der Waals surface area contributed by atoms with Gasteiger partial charge >= 0.3 is 5.97 Å². The molecule has 0 spiro atoms.